The Balaban J connectivity index is 2.11. The van der Waals surface area contributed by atoms with Crippen LogP contribution in [-0.4, -0.2) is 15.3 Å². The molecule has 1 atom stereocenters. The number of carboxylic acid groups (broad SMARTS) is 1. The summed E-state index contributed by atoms with van der Waals surface area (Å²) in [6, 6.07) is 8.06. The molecule has 0 fully saturated rings. The molecule has 0 radical (unpaired) electrons. The van der Waals surface area contributed by atoms with Crippen molar-refractivity contribution in [3.63, 3.8) is 0 Å². The monoisotopic (exact) mass is 268 g/mol. The quantitative estimate of drug-likeness (QED) is 0.924. The maximum absolute atomic E-state index is 12.7. The molecule has 18 heavy (non-hydrogen) atoms. The van der Waals surface area contributed by atoms with Gasteiger partial charge in [-0.05, 0) is 36.4 Å². The van der Waals surface area contributed by atoms with Gasteiger partial charge in [-0.15, -0.1) is 0 Å². The van der Waals surface area contributed by atoms with Crippen molar-refractivity contribution in [3.8, 4) is 0 Å². The standard InChI is InChI=1S/C12H9FO4S/c13-8-1-4-10(5-2-8)18(16)7-9-3-6-11(17-9)12(14)15/h1-6H,7H2,(H,14,15)/t18-/m0/s1. The van der Waals surface area contributed by atoms with E-state index in [0.717, 1.165) is 0 Å². The van der Waals surface area contributed by atoms with Gasteiger partial charge in [0.15, 0.2) is 0 Å². The lowest BCUT2D eigenvalue weighted by Gasteiger charge is -1.99. The minimum Gasteiger partial charge on any atom is -0.475 e. The Hall–Kier alpha value is -1.95. The Morgan fingerprint density at radius 3 is 2.44 bits per heavy atom. The van der Waals surface area contributed by atoms with Crippen molar-refractivity contribution in [1.29, 1.82) is 0 Å². The zero-order chi connectivity index (χ0) is 13.1. The predicted octanol–water partition coefficient (Wildman–Crippen LogP) is 2.42. The lowest BCUT2D eigenvalue weighted by atomic mass is 10.4. The molecule has 0 unspecified atom stereocenters. The average Bonchev–Trinajstić information content (AvgIpc) is 2.78. The summed E-state index contributed by atoms with van der Waals surface area (Å²) < 4.78 is 29.6. The molecule has 4 nitrogen and oxygen atoms in total. The van der Waals surface area contributed by atoms with E-state index < -0.39 is 22.6 Å². The minimum absolute atomic E-state index is 0.0545. The maximum Gasteiger partial charge on any atom is 0.371 e. The van der Waals surface area contributed by atoms with E-state index in [1.165, 1.54) is 36.4 Å². The van der Waals surface area contributed by atoms with E-state index in [1.807, 2.05) is 0 Å². The number of aromatic carboxylic acids is 1. The van der Waals surface area contributed by atoms with E-state index in [1.54, 1.807) is 0 Å². The second kappa shape index (κ2) is 5.14. The molecule has 1 heterocycles. The number of carbonyl (C=O) groups is 1. The van der Waals surface area contributed by atoms with Gasteiger partial charge in [-0.1, -0.05) is 0 Å². The second-order valence-corrected chi connectivity index (χ2v) is 4.97. The molecule has 2 rings (SSSR count). The molecule has 0 amide bonds. The Labute approximate surface area is 105 Å². The summed E-state index contributed by atoms with van der Waals surface area (Å²) >= 11 is 0. The van der Waals surface area contributed by atoms with Crippen LogP contribution in [0.15, 0.2) is 45.7 Å². The fourth-order valence-corrected chi connectivity index (χ4v) is 2.39. The zero-order valence-electron chi connectivity index (χ0n) is 9.13. The fourth-order valence-electron chi connectivity index (χ4n) is 1.37. The van der Waals surface area contributed by atoms with Crippen molar-refractivity contribution in [1.82, 2.24) is 0 Å². The van der Waals surface area contributed by atoms with Crippen molar-refractivity contribution in [2.45, 2.75) is 10.6 Å². The molecule has 0 spiro atoms. The van der Waals surface area contributed by atoms with E-state index in [2.05, 4.69) is 0 Å². The number of benzene rings is 1. The number of rotatable bonds is 4. The van der Waals surface area contributed by atoms with Crippen LogP contribution >= 0.6 is 0 Å². The topological polar surface area (TPSA) is 67.5 Å². The van der Waals surface area contributed by atoms with Gasteiger partial charge < -0.3 is 9.52 Å². The highest BCUT2D eigenvalue weighted by atomic mass is 32.2. The first kappa shape index (κ1) is 12.5. The third kappa shape index (κ3) is 2.84. The van der Waals surface area contributed by atoms with Gasteiger partial charge in [0.1, 0.15) is 11.6 Å². The van der Waals surface area contributed by atoms with Crippen molar-refractivity contribution < 1.29 is 22.9 Å². The Morgan fingerprint density at radius 1 is 1.22 bits per heavy atom. The van der Waals surface area contributed by atoms with Gasteiger partial charge >= 0.3 is 5.97 Å². The van der Waals surface area contributed by atoms with Crippen molar-refractivity contribution >= 4 is 16.8 Å². The summed E-state index contributed by atoms with van der Waals surface area (Å²) in [5, 5.41) is 8.67. The first-order chi connectivity index (χ1) is 8.56. The third-order valence-corrected chi connectivity index (χ3v) is 3.57. The highest BCUT2D eigenvalue weighted by molar-refractivity contribution is 7.84. The smallest absolute Gasteiger partial charge is 0.371 e. The molecule has 6 heteroatoms. The third-order valence-electron chi connectivity index (χ3n) is 2.22. The van der Waals surface area contributed by atoms with Crippen LogP contribution in [0, 0.1) is 5.82 Å². The van der Waals surface area contributed by atoms with Crippen LogP contribution < -0.4 is 0 Å². The summed E-state index contributed by atoms with van der Waals surface area (Å²) in [6.45, 7) is 0. The Morgan fingerprint density at radius 2 is 1.89 bits per heavy atom. The second-order valence-electron chi connectivity index (χ2n) is 3.51. The van der Waals surface area contributed by atoms with E-state index in [-0.39, 0.29) is 11.5 Å². The van der Waals surface area contributed by atoms with Gasteiger partial charge in [0.05, 0.1) is 16.6 Å². The first-order valence-corrected chi connectivity index (χ1v) is 6.34. The summed E-state index contributed by atoms with van der Waals surface area (Å²) in [5.74, 6) is -1.40. The Kier molecular flexibility index (Phi) is 3.57. The lowest BCUT2D eigenvalue weighted by molar-refractivity contribution is 0.0661. The molecular weight excluding hydrogens is 259 g/mol. The van der Waals surface area contributed by atoms with Crippen molar-refractivity contribution in [2.75, 3.05) is 0 Å². The fraction of sp³-hybridized carbons (Fsp3) is 0.0833. The molecule has 1 aromatic carbocycles. The van der Waals surface area contributed by atoms with Gasteiger partial charge in [-0.3, -0.25) is 4.21 Å². The molecule has 1 N–H and O–H groups in total. The number of furan rings is 1. The van der Waals surface area contributed by atoms with E-state index in [4.69, 9.17) is 9.52 Å². The van der Waals surface area contributed by atoms with Gasteiger partial charge in [-0.2, -0.15) is 0 Å². The molecule has 0 aliphatic rings. The van der Waals surface area contributed by atoms with Crippen LogP contribution in [0.1, 0.15) is 16.3 Å². The molecule has 0 saturated heterocycles. The largest absolute Gasteiger partial charge is 0.475 e. The molecule has 1 aromatic heterocycles. The van der Waals surface area contributed by atoms with Gasteiger partial charge in [0.2, 0.25) is 5.76 Å². The number of hydrogen-bond donors (Lipinski definition) is 1. The summed E-state index contributed by atoms with van der Waals surface area (Å²) in [5.41, 5.74) is 0. The molecule has 0 aliphatic heterocycles. The molecule has 2 aromatic rings. The van der Waals surface area contributed by atoms with Gasteiger partial charge in [0, 0.05) is 4.90 Å². The molecular formula is C12H9FO4S. The molecule has 94 valence electrons. The van der Waals surface area contributed by atoms with Crippen molar-refractivity contribution in [2.24, 2.45) is 0 Å². The predicted molar refractivity (Wildman–Crippen MR) is 62.2 cm³/mol. The number of halogens is 1. The maximum atomic E-state index is 12.7. The lowest BCUT2D eigenvalue weighted by Crippen LogP contribution is -1.96. The van der Waals surface area contributed by atoms with Crippen LogP contribution in [0.3, 0.4) is 0 Å². The first-order valence-electron chi connectivity index (χ1n) is 5.02. The van der Waals surface area contributed by atoms with Crippen LogP contribution in [0.4, 0.5) is 4.39 Å². The highest BCUT2D eigenvalue weighted by Crippen LogP contribution is 2.15. The molecule has 0 saturated carbocycles. The van der Waals surface area contributed by atoms with Gasteiger partial charge in [-0.25, -0.2) is 9.18 Å². The van der Waals surface area contributed by atoms with Gasteiger partial charge in [0.25, 0.3) is 0 Å². The SMILES string of the molecule is O=C(O)c1ccc(C[S@](=O)c2ccc(F)cc2)o1. The van der Waals surface area contributed by atoms with Crippen LogP contribution in [0.5, 0.6) is 0 Å². The Bertz CT molecular complexity index is 588. The van der Waals surface area contributed by atoms with E-state index in [0.29, 0.717) is 10.7 Å². The van der Waals surface area contributed by atoms with Crippen LogP contribution in [0.2, 0.25) is 0 Å². The minimum atomic E-state index is -1.40. The van der Waals surface area contributed by atoms with Crippen LogP contribution in [-0.2, 0) is 16.6 Å². The average molecular weight is 268 g/mol. The summed E-state index contributed by atoms with van der Waals surface area (Å²) in [6.07, 6.45) is 0. The highest BCUT2D eigenvalue weighted by Gasteiger charge is 2.12. The van der Waals surface area contributed by atoms with E-state index >= 15 is 0 Å². The normalized spacial score (nSPS) is 12.3. The summed E-state index contributed by atoms with van der Waals surface area (Å²) in [7, 11) is -1.40. The van der Waals surface area contributed by atoms with Crippen LogP contribution in [0.25, 0.3) is 0 Å². The zero-order valence-corrected chi connectivity index (χ0v) is 9.95. The van der Waals surface area contributed by atoms with E-state index in [9.17, 15) is 13.4 Å². The number of hydrogen-bond acceptors (Lipinski definition) is 3. The molecule has 0 aliphatic carbocycles. The molecule has 0 bridgehead atoms. The summed E-state index contributed by atoms with van der Waals surface area (Å²) in [4.78, 5) is 11.1. The number of carboxylic acids is 1. The van der Waals surface area contributed by atoms with Crippen molar-refractivity contribution in [3.05, 3.63) is 53.7 Å².